The van der Waals surface area contributed by atoms with E-state index in [2.05, 4.69) is 5.32 Å². The number of esters is 1. The molecule has 0 bridgehead atoms. The van der Waals surface area contributed by atoms with Crippen LogP contribution in [0.2, 0.25) is 0 Å². The summed E-state index contributed by atoms with van der Waals surface area (Å²) in [6, 6.07) is 0.331. The molecule has 0 aromatic rings. The Bertz CT molecular complexity index is 132. The molecule has 9 heavy (non-hydrogen) atoms. The van der Waals surface area contributed by atoms with Crippen LogP contribution in [-0.2, 0) is 9.53 Å². The molecule has 2 aliphatic rings. The Balaban J connectivity index is 2.09. The average molecular weight is 127 g/mol. The molecule has 0 aromatic heterocycles. The Hall–Kier alpha value is -0.570. The first-order valence-electron chi connectivity index (χ1n) is 3.29. The largest absolute Gasteiger partial charge is 0.461 e. The van der Waals surface area contributed by atoms with Crippen LogP contribution in [0.4, 0.5) is 0 Å². The smallest absolute Gasteiger partial charge is 0.307 e. The van der Waals surface area contributed by atoms with Crippen molar-refractivity contribution in [1.29, 1.82) is 0 Å². The molecule has 0 spiro atoms. The number of rotatable bonds is 0. The first-order valence-corrected chi connectivity index (χ1v) is 3.29. The van der Waals surface area contributed by atoms with E-state index in [4.69, 9.17) is 4.74 Å². The molecule has 2 rings (SSSR count). The molecule has 0 amide bonds. The van der Waals surface area contributed by atoms with E-state index in [1.807, 2.05) is 0 Å². The molecule has 2 saturated heterocycles. The Kier molecular flexibility index (Phi) is 0.990. The summed E-state index contributed by atoms with van der Waals surface area (Å²) in [5.41, 5.74) is 0. The summed E-state index contributed by atoms with van der Waals surface area (Å²) in [4.78, 5) is 10.6. The molecule has 2 fully saturated rings. The fraction of sp³-hybridized carbons (Fsp3) is 0.833. The van der Waals surface area contributed by atoms with Gasteiger partial charge in [0.2, 0.25) is 0 Å². The average Bonchev–Trinajstić information content (AvgIpc) is 2.22. The summed E-state index contributed by atoms with van der Waals surface area (Å²) in [6.45, 7) is 1.00. The van der Waals surface area contributed by atoms with Gasteiger partial charge in [-0.05, 0) is 13.0 Å². The van der Waals surface area contributed by atoms with E-state index in [9.17, 15) is 4.79 Å². The monoisotopic (exact) mass is 127 g/mol. The third kappa shape index (κ3) is 0.721. The fourth-order valence-electron chi connectivity index (χ4n) is 1.48. The lowest BCUT2D eigenvalue weighted by Crippen LogP contribution is -2.25. The van der Waals surface area contributed by atoms with Gasteiger partial charge >= 0.3 is 5.97 Å². The van der Waals surface area contributed by atoms with Crippen molar-refractivity contribution >= 4 is 5.97 Å². The van der Waals surface area contributed by atoms with Gasteiger partial charge in [-0.25, -0.2) is 0 Å². The molecule has 2 atom stereocenters. The zero-order chi connectivity index (χ0) is 6.27. The van der Waals surface area contributed by atoms with Crippen molar-refractivity contribution in [2.45, 2.75) is 25.0 Å². The van der Waals surface area contributed by atoms with E-state index in [1.54, 1.807) is 0 Å². The molecule has 3 nitrogen and oxygen atoms in total. The van der Waals surface area contributed by atoms with Crippen LogP contribution >= 0.6 is 0 Å². The number of nitrogens with one attached hydrogen (secondary N) is 1. The highest BCUT2D eigenvalue weighted by molar-refractivity contribution is 5.73. The predicted octanol–water partition coefficient (Wildman–Crippen LogP) is -0.336. The van der Waals surface area contributed by atoms with Crippen LogP contribution in [0.15, 0.2) is 0 Å². The number of carbonyl (C=O) groups excluding carboxylic acids is 1. The van der Waals surface area contributed by atoms with E-state index in [1.165, 1.54) is 0 Å². The van der Waals surface area contributed by atoms with Crippen LogP contribution in [0.25, 0.3) is 0 Å². The minimum absolute atomic E-state index is 0.0443. The molecule has 1 N–H and O–H groups in total. The summed E-state index contributed by atoms with van der Waals surface area (Å²) in [6.07, 6.45) is 1.76. The highest BCUT2D eigenvalue weighted by Crippen LogP contribution is 2.21. The molecular weight excluding hydrogens is 118 g/mol. The lowest BCUT2D eigenvalue weighted by molar-refractivity contribution is -0.141. The van der Waals surface area contributed by atoms with Gasteiger partial charge in [0.1, 0.15) is 6.10 Å². The zero-order valence-corrected chi connectivity index (χ0v) is 5.09. The molecule has 0 aromatic carbocycles. The van der Waals surface area contributed by atoms with Crippen LogP contribution in [0, 0.1) is 0 Å². The van der Waals surface area contributed by atoms with Crippen molar-refractivity contribution in [1.82, 2.24) is 5.32 Å². The lowest BCUT2D eigenvalue weighted by Gasteiger charge is -2.03. The van der Waals surface area contributed by atoms with Crippen LogP contribution in [0.3, 0.4) is 0 Å². The second-order valence-electron chi connectivity index (χ2n) is 2.58. The van der Waals surface area contributed by atoms with Gasteiger partial charge in [-0.15, -0.1) is 0 Å². The summed E-state index contributed by atoms with van der Waals surface area (Å²) in [5, 5.41) is 3.20. The van der Waals surface area contributed by atoms with Crippen molar-refractivity contribution in [2.75, 3.05) is 6.54 Å². The van der Waals surface area contributed by atoms with E-state index in [-0.39, 0.29) is 12.1 Å². The van der Waals surface area contributed by atoms with Crippen molar-refractivity contribution in [2.24, 2.45) is 0 Å². The van der Waals surface area contributed by atoms with Gasteiger partial charge in [-0.3, -0.25) is 4.79 Å². The van der Waals surface area contributed by atoms with Gasteiger partial charge in [0.05, 0.1) is 12.5 Å². The molecular formula is C6H9NO2. The van der Waals surface area contributed by atoms with Gasteiger partial charge in [-0.1, -0.05) is 0 Å². The molecule has 0 unspecified atom stereocenters. The lowest BCUT2D eigenvalue weighted by atomic mass is 10.2. The molecule has 3 heteroatoms. The van der Waals surface area contributed by atoms with Crippen LogP contribution in [0.5, 0.6) is 0 Å². The van der Waals surface area contributed by atoms with E-state index < -0.39 is 0 Å². The van der Waals surface area contributed by atoms with Crippen LogP contribution in [-0.4, -0.2) is 24.7 Å². The topological polar surface area (TPSA) is 38.3 Å². The van der Waals surface area contributed by atoms with Crippen molar-refractivity contribution in [3.8, 4) is 0 Å². The molecule has 0 aliphatic carbocycles. The Morgan fingerprint density at radius 2 is 2.56 bits per heavy atom. The fourth-order valence-corrected chi connectivity index (χ4v) is 1.48. The molecule has 50 valence electrons. The van der Waals surface area contributed by atoms with Gasteiger partial charge in [0, 0.05) is 0 Å². The zero-order valence-electron chi connectivity index (χ0n) is 5.09. The maximum Gasteiger partial charge on any atom is 0.307 e. The minimum atomic E-state index is -0.0443. The van der Waals surface area contributed by atoms with Crippen molar-refractivity contribution in [3.05, 3.63) is 0 Å². The summed E-state index contributed by atoms with van der Waals surface area (Å²) in [5.74, 6) is -0.0443. The standard InChI is InChI=1S/C6H9NO2/c8-6-3-4-5(9-6)1-2-7-4/h4-5,7H,1-3H2/t4-,5+/m0/s1. The number of hydrogen-bond donors (Lipinski definition) is 1. The third-order valence-electron chi connectivity index (χ3n) is 1.95. The van der Waals surface area contributed by atoms with Crippen LogP contribution in [0.1, 0.15) is 12.8 Å². The maximum absolute atomic E-state index is 10.6. The van der Waals surface area contributed by atoms with E-state index >= 15 is 0 Å². The van der Waals surface area contributed by atoms with Gasteiger partial charge in [0.15, 0.2) is 0 Å². The quantitative estimate of drug-likeness (QED) is 0.452. The highest BCUT2D eigenvalue weighted by atomic mass is 16.6. The van der Waals surface area contributed by atoms with Crippen LogP contribution < -0.4 is 5.32 Å². The SMILES string of the molecule is O=C1C[C@@H]2NCC[C@H]2O1. The minimum Gasteiger partial charge on any atom is -0.461 e. The first kappa shape index (κ1) is 5.23. The third-order valence-corrected chi connectivity index (χ3v) is 1.95. The highest BCUT2D eigenvalue weighted by Gasteiger charge is 2.37. The molecule has 2 heterocycles. The predicted molar refractivity (Wildman–Crippen MR) is 30.9 cm³/mol. The molecule has 0 saturated carbocycles. The normalized spacial score (nSPS) is 40.7. The number of ether oxygens (including phenoxy) is 1. The molecule has 2 aliphatic heterocycles. The summed E-state index contributed by atoms with van der Waals surface area (Å²) >= 11 is 0. The first-order chi connectivity index (χ1) is 4.36. The summed E-state index contributed by atoms with van der Waals surface area (Å²) in [7, 11) is 0. The van der Waals surface area contributed by atoms with Gasteiger partial charge < -0.3 is 10.1 Å². The Labute approximate surface area is 53.4 Å². The van der Waals surface area contributed by atoms with Gasteiger partial charge in [0.25, 0.3) is 0 Å². The van der Waals surface area contributed by atoms with E-state index in [0.717, 1.165) is 13.0 Å². The molecule has 0 radical (unpaired) electrons. The number of fused-ring (bicyclic) bond motifs is 1. The van der Waals surface area contributed by atoms with Crippen molar-refractivity contribution < 1.29 is 9.53 Å². The number of hydrogen-bond acceptors (Lipinski definition) is 3. The van der Waals surface area contributed by atoms with Gasteiger partial charge in [-0.2, -0.15) is 0 Å². The van der Waals surface area contributed by atoms with E-state index in [0.29, 0.717) is 12.5 Å². The Morgan fingerprint density at radius 3 is 3.33 bits per heavy atom. The Morgan fingerprint density at radius 1 is 1.67 bits per heavy atom. The summed E-state index contributed by atoms with van der Waals surface area (Å²) < 4.78 is 4.98. The second-order valence-corrected chi connectivity index (χ2v) is 2.58. The number of carbonyl (C=O) groups is 1. The maximum atomic E-state index is 10.6. The van der Waals surface area contributed by atoms with Crippen molar-refractivity contribution in [3.63, 3.8) is 0 Å². The second kappa shape index (κ2) is 1.70.